The van der Waals surface area contributed by atoms with Gasteiger partial charge in [-0.05, 0) is 143 Å². The number of carbonyl (C=O) groups is 3. The smallest absolute Gasteiger partial charge is 0.303 e. The molecule has 64 heavy (non-hydrogen) atoms. The summed E-state index contributed by atoms with van der Waals surface area (Å²) < 4.78 is 0. The number of rotatable bonds is 22. The van der Waals surface area contributed by atoms with E-state index in [1.807, 2.05) is 58.0 Å². The van der Waals surface area contributed by atoms with Crippen LogP contribution in [0.2, 0.25) is 0 Å². The summed E-state index contributed by atoms with van der Waals surface area (Å²) in [5, 5.41) is 27.4. The van der Waals surface area contributed by atoms with E-state index in [1.54, 1.807) is 6.08 Å². The Morgan fingerprint density at radius 2 is 1.06 bits per heavy atom. The van der Waals surface area contributed by atoms with Crippen LogP contribution in [-0.2, 0) is 20.8 Å². The first-order valence-electron chi connectivity index (χ1n) is 22.5. The highest BCUT2D eigenvalue weighted by molar-refractivity contribution is 5.98. The van der Waals surface area contributed by atoms with Gasteiger partial charge in [-0.3, -0.25) is 14.4 Å². The summed E-state index contributed by atoms with van der Waals surface area (Å²) in [6, 6.07) is 7.88. The number of carboxylic acids is 3. The van der Waals surface area contributed by atoms with Crippen molar-refractivity contribution >= 4 is 68.3 Å². The van der Waals surface area contributed by atoms with Crippen LogP contribution in [-0.4, -0.2) is 53.2 Å². The van der Waals surface area contributed by atoms with Gasteiger partial charge in [0, 0.05) is 52.5 Å². The molecule has 10 nitrogen and oxygen atoms in total. The van der Waals surface area contributed by atoms with Crippen LogP contribution in [0.5, 0.6) is 0 Å². The van der Waals surface area contributed by atoms with Crippen LogP contribution < -0.4 is 0 Å². The molecule has 5 rings (SSSR count). The zero-order valence-electron chi connectivity index (χ0n) is 38.4. The van der Waals surface area contributed by atoms with Crippen molar-refractivity contribution in [2.24, 2.45) is 0 Å². The molecule has 3 aromatic rings. The van der Waals surface area contributed by atoms with Gasteiger partial charge in [-0.1, -0.05) is 93.7 Å². The monoisotopic (exact) mass is 866 g/mol. The third kappa shape index (κ3) is 14.5. The summed E-state index contributed by atoms with van der Waals surface area (Å²) >= 11 is 0. The third-order valence-corrected chi connectivity index (χ3v) is 11.4. The average molecular weight is 867 g/mol. The lowest BCUT2D eigenvalue weighted by molar-refractivity contribution is -0.138. The van der Waals surface area contributed by atoms with E-state index in [0.717, 1.165) is 116 Å². The molecule has 5 N–H and O–H groups in total. The summed E-state index contributed by atoms with van der Waals surface area (Å²) in [6.07, 6.45) is 31.6. The van der Waals surface area contributed by atoms with Crippen LogP contribution in [0.1, 0.15) is 149 Å². The number of aliphatic carboxylic acids is 3. The van der Waals surface area contributed by atoms with Gasteiger partial charge in [0.05, 0.1) is 22.8 Å². The molecule has 0 fully saturated rings. The quantitative estimate of drug-likeness (QED) is 0.0491. The van der Waals surface area contributed by atoms with Gasteiger partial charge < -0.3 is 25.3 Å². The van der Waals surface area contributed by atoms with Crippen molar-refractivity contribution in [3.63, 3.8) is 0 Å². The molecule has 0 amide bonds. The lowest BCUT2D eigenvalue weighted by atomic mass is 10.0. The molecule has 0 atom stereocenters. The van der Waals surface area contributed by atoms with Crippen LogP contribution in [0.25, 0.3) is 50.4 Å². The normalized spacial score (nSPS) is 12.8. The Morgan fingerprint density at radius 1 is 0.562 bits per heavy atom. The predicted octanol–water partition coefficient (Wildman–Crippen LogP) is 13.7. The number of aromatic amines is 2. The second-order valence-electron chi connectivity index (χ2n) is 16.1. The van der Waals surface area contributed by atoms with Gasteiger partial charge in [-0.25, -0.2) is 9.97 Å². The van der Waals surface area contributed by atoms with Crippen molar-refractivity contribution in [2.75, 3.05) is 0 Å². The number of nitrogens with one attached hydrogen (secondary N) is 2. The molecule has 0 aromatic carbocycles. The summed E-state index contributed by atoms with van der Waals surface area (Å²) in [5.41, 5.74) is 13.7. The fraction of sp³-hybridized carbons (Fsp3) is 0.352. The van der Waals surface area contributed by atoms with Gasteiger partial charge in [0.25, 0.3) is 0 Å². The van der Waals surface area contributed by atoms with Crippen molar-refractivity contribution in [2.45, 2.75) is 125 Å². The number of carboxylic acid groups (broad SMARTS) is 3. The number of nitrogens with zero attached hydrogens (tertiary/aromatic N) is 2. The maximum absolute atomic E-state index is 11.5. The van der Waals surface area contributed by atoms with Gasteiger partial charge in [-0.2, -0.15) is 0 Å². The first-order valence-corrected chi connectivity index (χ1v) is 22.5. The molecular weight excluding hydrogens is 801 g/mol. The minimum absolute atomic E-state index is 0.0259. The predicted molar refractivity (Wildman–Crippen MR) is 265 cm³/mol. The van der Waals surface area contributed by atoms with Gasteiger partial charge in [-0.15, -0.1) is 0 Å². The number of unbranched alkanes of at least 4 members (excludes halogenated alkanes) is 4. The topological polar surface area (TPSA) is 169 Å². The van der Waals surface area contributed by atoms with Gasteiger partial charge in [0.2, 0.25) is 0 Å². The van der Waals surface area contributed by atoms with E-state index in [9.17, 15) is 24.6 Å². The molecule has 0 aliphatic carbocycles. The maximum Gasteiger partial charge on any atom is 0.303 e. The lowest BCUT2D eigenvalue weighted by Crippen LogP contribution is -1.98. The minimum atomic E-state index is -0.883. The molecule has 8 bridgehead atoms. The minimum Gasteiger partial charge on any atom is -0.481 e. The summed E-state index contributed by atoms with van der Waals surface area (Å²) in [4.78, 5) is 50.3. The molecule has 2 aliphatic rings. The van der Waals surface area contributed by atoms with Crippen LogP contribution in [0.15, 0.2) is 92.1 Å². The highest BCUT2D eigenvalue weighted by atomic mass is 16.4. The van der Waals surface area contributed by atoms with Crippen molar-refractivity contribution in [3.8, 4) is 0 Å². The Balaban J connectivity index is 0.000000347. The van der Waals surface area contributed by atoms with E-state index in [4.69, 9.17) is 15.1 Å². The van der Waals surface area contributed by atoms with Crippen LogP contribution in [0.4, 0.5) is 0 Å². The second kappa shape index (κ2) is 25.5. The Kier molecular flexibility index (Phi) is 20.0. The fourth-order valence-electron chi connectivity index (χ4n) is 7.70. The number of hydrogen-bond donors (Lipinski definition) is 5. The highest BCUT2D eigenvalue weighted by Crippen LogP contribution is 2.36. The number of H-pyrrole nitrogens is 2. The first kappa shape index (κ1) is 50.1. The highest BCUT2D eigenvalue weighted by Gasteiger charge is 2.21. The largest absolute Gasteiger partial charge is 0.481 e. The van der Waals surface area contributed by atoms with E-state index < -0.39 is 17.9 Å². The van der Waals surface area contributed by atoms with E-state index in [1.165, 1.54) is 25.7 Å². The lowest BCUT2D eigenvalue weighted by Gasteiger charge is -2.03. The molecule has 2 aliphatic heterocycles. The molecule has 0 saturated carbocycles. The van der Waals surface area contributed by atoms with E-state index in [0.29, 0.717) is 18.5 Å². The van der Waals surface area contributed by atoms with Crippen molar-refractivity contribution in [1.82, 2.24) is 19.9 Å². The number of aromatic nitrogens is 4. The summed E-state index contributed by atoms with van der Waals surface area (Å²) in [5.74, 6) is -2.48. The number of fused-ring (bicyclic) bond motifs is 8. The number of aryl methyl sites for hydroxylation is 3. The van der Waals surface area contributed by atoms with Crippen molar-refractivity contribution in [3.05, 3.63) is 137 Å². The Labute approximate surface area is 378 Å². The average Bonchev–Trinajstić information content (AvgIpc) is 3.92. The van der Waals surface area contributed by atoms with Gasteiger partial charge in [0.15, 0.2) is 0 Å². The van der Waals surface area contributed by atoms with E-state index >= 15 is 0 Å². The third-order valence-electron chi connectivity index (χ3n) is 11.4. The second-order valence-corrected chi connectivity index (χ2v) is 16.1. The van der Waals surface area contributed by atoms with Crippen LogP contribution in [0, 0.1) is 13.8 Å². The molecule has 0 unspecified atom stereocenters. The van der Waals surface area contributed by atoms with Crippen LogP contribution >= 0.6 is 0 Å². The number of allylic oxidation sites excluding steroid dienone is 13. The standard InChI is InChI=1S/C34H34N4O4.C20H32O2/c1-7-21-17(3)25-13-26-19(5)23(9-11-33(39)40)31(37-26)16-32-24(10-12-34(41)42)20(6)28(38-32)15-30-22(8-2)18(4)27(36-30)14-29(21)35-25;1-2-3-4-5-6-7-8-9-10-11-12-13-14-15-16-17-18-19-20(21)22/h7-8,13-16,35,38H,1-2,9-12H2,3-6H3,(H,39,40)(H,41,42);6-7,9-10,12-13,15-16H,2-5,8,11,14,17-19H2,1H3,(H,21,22)/b;7-6-,10-9-,13-12-,16-15-. The first-order chi connectivity index (χ1) is 30.8. The van der Waals surface area contributed by atoms with Crippen LogP contribution in [0.3, 0.4) is 0 Å². The van der Waals surface area contributed by atoms with Gasteiger partial charge >= 0.3 is 17.9 Å². The summed E-state index contributed by atoms with van der Waals surface area (Å²) in [7, 11) is 0. The van der Waals surface area contributed by atoms with Gasteiger partial charge in [0.1, 0.15) is 0 Å². The Hall–Kier alpha value is -6.55. The zero-order chi connectivity index (χ0) is 46.6. The number of hydrogen-bond acceptors (Lipinski definition) is 5. The molecular formula is C54H66N4O6. The van der Waals surface area contributed by atoms with Crippen molar-refractivity contribution in [1.29, 1.82) is 0 Å². The Morgan fingerprint density at radius 3 is 1.66 bits per heavy atom. The maximum atomic E-state index is 11.5. The SMILES string of the molecule is C=CC1=C(C)c2cc3[nH]c(cc4nc(cc5[nH]c(cc1n2)c(C)c5CCC(=O)O)C(CCC(=O)O)=C4C)c(C)c3C=C.CCCCC/C=C\C/C=C\C/C=C\C/C=C\CCCC(=O)O. The Bertz CT molecular complexity index is 2540. The van der Waals surface area contributed by atoms with E-state index in [2.05, 4.69) is 78.7 Å². The molecule has 5 heterocycles. The zero-order valence-corrected chi connectivity index (χ0v) is 38.4. The molecule has 0 radical (unpaired) electrons. The van der Waals surface area contributed by atoms with E-state index in [-0.39, 0.29) is 19.3 Å². The molecule has 0 spiro atoms. The molecule has 0 saturated heterocycles. The molecule has 10 heteroatoms. The molecule has 338 valence electrons. The summed E-state index contributed by atoms with van der Waals surface area (Å²) in [6.45, 7) is 18.3. The fourth-order valence-corrected chi connectivity index (χ4v) is 7.70. The molecule has 3 aromatic heterocycles. The van der Waals surface area contributed by atoms with Crippen molar-refractivity contribution < 1.29 is 29.7 Å².